The topological polar surface area (TPSA) is 459 Å². The van der Waals surface area contributed by atoms with Gasteiger partial charge in [0.25, 0.3) is 23.6 Å². The van der Waals surface area contributed by atoms with Crippen LogP contribution in [0.25, 0.3) is 0 Å². The maximum absolute atomic E-state index is 13.2. The van der Waals surface area contributed by atoms with E-state index in [1.807, 2.05) is 83.1 Å². The lowest BCUT2D eigenvalue weighted by atomic mass is 9.91. The number of carbonyl (C=O) groups is 8. The third kappa shape index (κ3) is 25.4. The number of aromatic nitrogens is 8. The van der Waals surface area contributed by atoms with Crippen LogP contribution in [0, 0.1) is 27.6 Å². The Hall–Kier alpha value is -13.6. The molecule has 0 spiro atoms. The predicted molar refractivity (Wildman–Crippen MR) is 569 cm³/mol. The first kappa shape index (κ1) is 110. The van der Waals surface area contributed by atoms with E-state index in [1.54, 1.807) is 166 Å². The molecular weight excluding hydrogens is 1860 g/mol. The van der Waals surface area contributed by atoms with Crippen molar-refractivity contribution in [2.24, 2.45) is 27.6 Å². The molecule has 39 heteroatoms. The smallest absolute Gasteiger partial charge is 0.251 e. The molecule has 4 aromatic carbocycles. The second-order valence-electron chi connectivity index (χ2n) is 43.0. The fourth-order valence-electron chi connectivity index (χ4n) is 20.1. The Morgan fingerprint density at radius 2 is 0.658 bits per heavy atom. The number of aliphatic hydroxyl groups excluding tert-OH is 3. The Kier molecular flexibility index (Phi) is 35.2. The first-order chi connectivity index (χ1) is 69.3. The molecule has 8 aromatic rings. The molecule has 8 aliphatic rings. The van der Waals surface area contributed by atoms with Crippen LogP contribution < -0.4 is 101 Å². The van der Waals surface area contributed by atoms with Crippen molar-refractivity contribution in [1.82, 2.24) is 61.1 Å². The van der Waals surface area contributed by atoms with E-state index in [0.29, 0.717) is 178 Å². The summed E-state index contributed by atoms with van der Waals surface area (Å²) in [5.41, 5.74) is 4.12. The SMILES string of the molecule is COc1cc(C(=O)NC(C)(C)CO)ccc1Nc1ncc2c(n1)N(C1CCCC1)CC(C)(C)C(=O)N2C.COc1cc(C(=O)NC(C)C)ccc1Nc1ncc2c(n1)N(C1CCCC1)CC(C)(C)C(=O)N2C.COc1cc(C(=O)NCCCO)ccc1Nc1ncc2c(n1)N(C1CCCC1)CC(C)(C)C(=O)N2C.COc1cc(C(=O)N[C@H](CO)C(C)C)ccc1Nc1ncc2c(n1)N(C1CCCC1)CC(C)(C)C(=O)N2C. The van der Waals surface area contributed by atoms with Gasteiger partial charge in [0.15, 0.2) is 23.3 Å². The maximum atomic E-state index is 13.2. The zero-order valence-corrected chi connectivity index (χ0v) is 88.9. The number of anilines is 16. The molecule has 16 rings (SSSR count). The molecule has 146 heavy (non-hydrogen) atoms. The van der Waals surface area contributed by atoms with Crippen LogP contribution in [0.3, 0.4) is 0 Å². The van der Waals surface area contributed by atoms with Crippen molar-refractivity contribution >= 4 is 140 Å². The molecule has 1 atom stereocenters. The summed E-state index contributed by atoms with van der Waals surface area (Å²) in [6.07, 6.45) is 25.3. The Morgan fingerprint density at radius 3 is 0.897 bits per heavy atom. The van der Waals surface area contributed by atoms with E-state index < -0.39 is 27.2 Å². The second-order valence-corrected chi connectivity index (χ2v) is 43.0. The summed E-state index contributed by atoms with van der Waals surface area (Å²) >= 11 is 0. The molecule has 4 saturated carbocycles. The van der Waals surface area contributed by atoms with Crippen LogP contribution in [0.1, 0.15) is 248 Å². The number of nitrogens with zero attached hydrogens (tertiary/aromatic N) is 16. The molecule has 4 aliphatic heterocycles. The van der Waals surface area contributed by atoms with Gasteiger partial charge in [-0.2, -0.15) is 19.9 Å². The molecule has 11 N–H and O–H groups in total. The van der Waals surface area contributed by atoms with E-state index in [0.717, 1.165) is 74.6 Å². The average molecular weight is 2010 g/mol. The van der Waals surface area contributed by atoms with E-state index in [4.69, 9.17) is 44.0 Å². The summed E-state index contributed by atoms with van der Waals surface area (Å²) in [5, 5.41) is 52.2. The summed E-state index contributed by atoms with van der Waals surface area (Å²) in [4.78, 5) is 156. The molecule has 4 aromatic heterocycles. The number of amides is 8. The van der Waals surface area contributed by atoms with Gasteiger partial charge in [-0.25, -0.2) is 19.9 Å². The quantitative estimate of drug-likeness (QED) is 0.0194. The molecule has 0 bridgehead atoms. The molecule has 8 heterocycles. The van der Waals surface area contributed by atoms with Gasteiger partial charge in [-0.05, 0) is 220 Å². The van der Waals surface area contributed by atoms with Crippen LogP contribution in [0.4, 0.5) is 92.6 Å². The molecule has 788 valence electrons. The van der Waals surface area contributed by atoms with Crippen molar-refractivity contribution in [1.29, 1.82) is 0 Å². The van der Waals surface area contributed by atoms with Gasteiger partial charge in [0.2, 0.25) is 47.4 Å². The predicted octanol–water partition coefficient (Wildman–Crippen LogP) is 14.4. The van der Waals surface area contributed by atoms with E-state index in [-0.39, 0.29) is 85.1 Å². The number of benzene rings is 4. The highest BCUT2D eigenvalue weighted by molar-refractivity contribution is 6.05. The van der Waals surface area contributed by atoms with Crippen LogP contribution in [0.15, 0.2) is 97.6 Å². The zero-order chi connectivity index (χ0) is 106. The van der Waals surface area contributed by atoms with Gasteiger partial charge in [0.1, 0.15) is 45.7 Å². The van der Waals surface area contributed by atoms with Gasteiger partial charge in [-0.15, -0.1) is 0 Å². The van der Waals surface area contributed by atoms with Crippen LogP contribution in [0.5, 0.6) is 23.0 Å². The van der Waals surface area contributed by atoms with Gasteiger partial charge in [0, 0.05) is 120 Å². The summed E-state index contributed by atoms with van der Waals surface area (Å²) in [5.74, 6) is 5.74. The second kappa shape index (κ2) is 46.9. The lowest BCUT2D eigenvalue weighted by molar-refractivity contribution is -0.126. The molecule has 0 radical (unpaired) electrons. The number of aliphatic hydroxyl groups is 3. The van der Waals surface area contributed by atoms with Crippen molar-refractivity contribution in [2.75, 3.05) is 170 Å². The summed E-state index contributed by atoms with van der Waals surface area (Å²) in [6.45, 7) is 29.6. The fourth-order valence-corrected chi connectivity index (χ4v) is 20.1. The zero-order valence-electron chi connectivity index (χ0n) is 88.9. The van der Waals surface area contributed by atoms with E-state index in [9.17, 15) is 48.6 Å². The van der Waals surface area contributed by atoms with Crippen molar-refractivity contribution in [3.05, 3.63) is 120 Å². The Labute approximate surface area is 857 Å². The van der Waals surface area contributed by atoms with Gasteiger partial charge in [-0.3, -0.25) is 38.4 Å². The number of rotatable bonds is 29. The summed E-state index contributed by atoms with van der Waals surface area (Å²) in [7, 11) is 13.3. The minimum Gasteiger partial charge on any atom is -0.495 e. The van der Waals surface area contributed by atoms with Crippen LogP contribution in [0.2, 0.25) is 0 Å². The van der Waals surface area contributed by atoms with Crippen molar-refractivity contribution in [3.63, 3.8) is 0 Å². The van der Waals surface area contributed by atoms with E-state index in [1.165, 1.54) is 72.7 Å². The number of fused-ring (bicyclic) bond motifs is 4. The average Bonchev–Trinajstić information content (AvgIpc) is 1.63. The van der Waals surface area contributed by atoms with Crippen LogP contribution in [-0.2, 0) is 19.2 Å². The summed E-state index contributed by atoms with van der Waals surface area (Å²) in [6, 6.07) is 21.5. The van der Waals surface area contributed by atoms with Crippen molar-refractivity contribution < 1.29 is 72.6 Å². The third-order valence-corrected chi connectivity index (χ3v) is 28.4. The molecule has 4 aliphatic carbocycles. The molecule has 4 fully saturated rings. The largest absolute Gasteiger partial charge is 0.495 e. The van der Waals surface area contributed by atoms with E-state index >= 15 is 0 Å². The fraction of sp³-hybridized carbons (Fsp3) is 0.551. The highest BCUT2D eigenvalue weighted by Crippen LogP contribution is 2.48. The minimum absolute atomic E-state index is 0.0207. The van der Waals surface area contributed by atoms with Crippen LogP contribution >= 0.6 is 0 Å². The highest BCUT2D eigenvalue weighted by Gasteiger charge is 2.47. The van der Waals surface area contributed by atoms with Crippen LogP contribution in [-0.4, -0.2) is 253 Å². The molecule has 8 amide bonds. The molecular formula is C107H150N24O15. The number of nitrogens with one attached hydrogen (secondary N) is 8. The van der Waals surface area contributed by atoms with Crippen molar-refractivity contribution in [2.45, 2.75) is 248 Å². The number of ether oxygens (including phenoxy) is 4. The highest BCUT2D eigenvalue weighted by atomic mass is 16.5. The number of hydrogen-bond donors (Lipinski definition) is 11. The lowest BCUT2D eigenvalue weighted by Gasteiger charge is -2.34. The Morgan fingerprint density at radius 1 is 0.397 bits per heavy atom. The Bertz CT molecular complexity index is 6010. The Balaban J connectivity index is 0.000000163. The first-order valence-corrected chi connectivity index (χ1v) is 50.9. The lowest BCUT2D eigenvalue weighted by Crippen LogP contribution is -2.46. The molecule has 0 unspecified atom stereocenters. The van der Waals surface area contributed by atoms with Gasteiger partial charge >= 0.3 is 0 Å². The van der Waals surface area contributed by atoms with Gasteiger partial charge in [0.05, 0.1) is 122 Å². The molecule has 0 saturated heterocycles. The maximum Gasteiger partial charge on any atom is 0.251 e. The summed E-state index contributed by atoms with van der Waals surface area (Å²) < 4.78 is 22.2. The van der Waals surface area contributed by atoms with Crippen molar-refractivity contribution in [3.8, 4) is 23.0 Å². The van der Waals surface area contributed by atoms with Gasteiger partial charge < -0.3 is 116 Å². The minimum atomic E-state index is -0.745. The third-order valence-electron chi connectivity index (χ3n) is 28.4. The number of carbonyl (C=O) groups excluding carboxylic acids is 8. The first-order valence-electron chi connectivity index (χ1n) is 50.9. The van der Waals surface area contributed by atoms with E-state index in [2.05, 4.69) is 82.1 Å². The molecule has 39 nitrogen and oxygen atoms in total. The standard InChI is InChI=1S/C28H40N6O4.C27H38N6O4.C26H36N6O4.C26H36N6O3/c1-17(2)21(15-35)30-25(36)18-11-12-20(23(13-18)38-6)31-27-29-14-22-24(32-27)34(19-9-7-8-10-19)16-28(3,4)26(37)33(22)5;1-26(2)15-33(18-9-7-8-10-18)22-20(32(5)24(26)36)14-28-25(30-22)29-19-12-11-17(13-21(19)37-6)23(35)31-27(3,4)16-34;1-26(2)16-32(18-8-5-6-9-18)22-20(31(3)24(26)35)15-28-25(30-22)29-19-11-10-17(14-21(19)36-4)23(34)27-12-7-13-33;1-16(2)28-23(33)17-11-12-19(21(13-17)35-6)29-25-27-14-20-22(30-25)32(18-9-7-8-10-18)15-26(3,4)24(34)31(20)5/h11-14,17,19,21,35H,7-10,15-16H2,1-6H3,(H,30,36)(H,29,31,32);11-14,18,34H,7-10,15-16H2,1-6H3,(H,31,35)(H,28,29,30);10-11,14-15,18,33H,5-9,12-13,16H2,1-4H3,(H,27,34)(H,28,29,30);11-14,16,18H,7-10,15H2,1-6H3,(H,28,33)(H,27,29,30)/t21-;;;/m1.../s1. The van der Waals surface area contributed by atoms with Gasteiger partial charge in [-0.1, -0.05) is 65.2 Å². The number of methoxy groups -OCH3 is 4. The number of hydrogen-bond acceptors (Lipinski definition) is 31. The normalized spacial score (nSPS) is 17.9. The monoisotopic (exact) mass is 2010 g/mol.